The van der Waals surface area contributed by atoms with Gasteiger partial charge in [0, 0.05) is 33.4 Å². The van der Waals surface area contributed by atoms with Crippen LogP contribution >= 0.6 is 0 Å². The van der Waals surface area contributed by atoms with E-state index in [-0.39, 0.29) is 30.1 Å². The molecule has 0 spiro atoms. The van der Waals surface area contributed by atoms with Crippen molar-refractivity contribution in [1.29, 1.82) is 0 Å². The summed E-state index contributed by atoms with van der Waals surface area (Å²) in [6.45, 7) is 1.79. The number of ether oxygens (including phenoxy) is 1. The molecule has 3 atom stereocenters. The molecule has 0 radical (unpaired) electrons. The molecule has 0 aromatic carbocycles. The van der Waals surface area contributed by atoms with Crippen molar-refractivity contribution in [3.63, 3.8) is 0 Å². The fourth-order valence-corrected chi connectivity index (χ4v) is 2.91. The number of rotatable bonds is 4. The van der Waals surface area contributed by atoms with Crippen molar-refractivity contribution in [3.05, 3.63) is 24.3 Å². The van der Waals surface area contributed by atoms with Gasteiger partial charge in [-0.3, -0.25) is 9.59 Å². The summed E-state index contributed by atoms with van der Waals surface area (Å²) in [5.41, 5.74) is 0. The Morgan fingerprint density at radius 3 is 2.85 bits per heavy atom. The lowest BCUT2D eigenvalue weighted by Crippen LogP contribution is -2.43. The molecule has 2 aliphatic heterocycles. The molecule has 0 aromatic heterocycles. The molecule has 0 N–H and O–H groups in total. The molecular formula is C16H21NO3. The molecule has 1 aliphatic carbocycles. The third-order valence-corrected chi connectivity index (χ3v) is 4.28. The zero-order chi connectivity index (χ0) is 14.9. The van der Waals surface area contributed by atoms with Crippen LogP contribution in [0, 0.1) is 11.8 Å². The molecular weight excluding hydrogens is 254 g/mol. The van der Waals surface area contributed by atoms with Gasteiger partial charge < -0.3 is 9.64 Å². The van der Waals surface area contributed by atoms with Gasteiger partial charge in [0.25, 0.3) is 0 Å². The molecule has 108 valence electrons. The van der Waals surface area contributed by atoms with Crippen LogP contribution in [0.5, 0.6) is 0 Å². The fraction of sp³-hybridized carbons (Fsp3) is 0.625. The molecule has 1 amide bonds. The Morgan fingerprint density at radius 1 is 1.35 bits per heavy atom. The lowest BCUT2D eigenvalue weighted by Gasteiger charge is -2.36. The Balaban J connectivity index is 1.67. The van der Waals surface area contributed by atoms with Crippen LogP contribution in [-0.4, -0.2) is 42.4 Å². The first-order valence-electron chi connectivity index (χ1n) is 7.84. The van der Waals surface area contributed by atoms with E-state index in [2.05, 4.69) is 0 Å². The van der Waals surface area contributed by atoms with Gasteiger partial charge in [-0.2, -0.15) is 0 Å². The van der Waals surface area contributed by atoms with E-state index in [0.717, 1.165) is 13.0 Å². The maximum atomic E-state index is 12.0. The average Bonchev–Trinajstić information content (AvgIpc) is 2.40. The number of carbonyl (C=O) groups is 2. The van der Waals surface area contributed by atoms with Crippen molar-refractivity contribution in [1.82, 2.24) is 4.90 Å². The number of ketones is 1. The second-order valence-electron chi connectivity index (χ2n) is 5.72. The number of Topliss-reactive ketones (excluding diaryl/α,β-unsaturated/α-hetero) is 1. The van der Waals surface area contributed by atoms with Crippen molar-refractivity contribution in [2.24, 2.45) is 11.8 Å². The Hall–Kier alpha value is -1.42. The fourth-order valence-electron chi connectivity index (χ4n) is 2.91. The summed E-state index contributed by atoms with van der Waals surface area (Å²) in [7, 11) is 0. The largest absolute Gasteiger partial charge is 0.378 e. The molecule has 4 heteroatoms. The van der Waals surface area contributed by atoms with Crippen LogP contribution in [-0.2, 0) is 14.3 Å². The zero-order valence-electron chi connectivity index (χ0n) is 12.6. The third-order valence-electron chi connectivity index (χ3n) is 4.28. The highest BCUT2D eigenvalue weighted by Gasteiger charge is 2.30. The maximum absolute atomic E-state index is 12.0. The molecule has 2 unspecified atom stereocenters. The Morgan fingerprint density at radius 2 is 2.15 bits per heavy atom. The van der Waals surface area contributed by atoms with Crippen LogP contribution < -0.4 is 0 Å². The quantitative estimate of drug-likeness (QED) is 0.734. The van der Waals surface area contributed by atoms with Gasteiger partial charge in [-0.05, 0) is 18.7 Å². The van der Waals surface area contributed by atoms with E-state index in [9.17, 15) is 9.59 Å². The molecule has 0 saturated carbocycles. The van der Waals surface area contributed by atoms with E-state index in [1.807, 2.05) is 24.3 Å². The smallest absolute Gasteiger partial charge is 0.230 e. The van der Waals surface area contributed by atoms with Gasteiger partial charge in [-0.1, -0.05) is 24.3 Å². The number of likely N-dealkylation sites (tertiary alicyclic amines) is 1. The van der Waals surface area contributed by atoms with E-state index < -0.39 is 5.89 Å². The summed E-state index contributed by atoms with van der Waals surface area (Å²) in [6.07, 6.45) is 10.1. The molecule has 0 bridgehead atoms. The van der Waals surface area contributed by atoms with Gasteiger partial charge >= 0.3 is 0 Å². The highest BCUT2D eigenvalue weighted by Crippen LogP contribution is 2.30. The van der Waals surface area contributed by atoms with Crippen LogP contribution in [0.15, 0.2) is 24.3 Å². The summed E-state index contributed by atoms with van der Waals surface area (Å²) in [6, 6.07) is 0. The molecule has 2 heterocycles. The van der Waals surface area contributed by atoms with Gasteiger partial charge in [-0.25, -0.2) is 0 Å². The van der Waals surface area contributed by atoms with Crippen molar-refractivity contribution >= 4 is 11.7 Å². The van der Waals surface area contributed by atoms with Gasteiger partial charge in [0.2, 0.25) is 5.91 Å². The van der Waals surface area contributed by atoms with Gasteiger partial charge in [0.1, 0.15) is 5.78 Å². The zero-order valence-corrected chi connectivity index (χ0v) is 11.6. The van der Waals surface area contributed by atoms with Gasteiger partial charge in [0.05, 0.1) is 12.5 Å². The first-order valence-corrected chi connectivity index (χ1v) is 7.34. The van der Waals surface area contributed by atoms with E-state index in [1.165, 1.54) is 0 Å². The van der Waals surface area contributed by atoms with Gasteiger partial charge in [0.15, 0.2) is 0 Å². The van der Waals surface area contributed by atoms with Crippen molar-refractivity contribution in [3.8, 4) is 0 Å². The number of hydrogen-bond donors (Lipinski definition) is 0. The van der Waals surface area contributed by atoms with Gasteiger partial charge in [-0.15, -0.1) is 0 Å². The van der Waals surface area contributed by atoms with Crippen molar-refractivity contribution in [2.45, 2.75) is 31.8 Å². The Bertz CT molecular complexity index is 498. The molecule has 2 fully saturated rings. The van der Waals surface area contributed by atoms with E-state index in [0.29, 0.717) is 25.9 Å². The van der Waals surface area contributed by atoms with Crippen LogP contribution in [0.25, 0.3) is 0 Å². The monoisotopic (exact) mass is 276 g/mol. The van der Waals surface area contributed by atoms with Crippen LogP contribution in [0.1, 0.15) is 27.1 Å². The molecule has 3 rings (SSSR count). The van der Waals surface area contributed by atoms with Crippen molar-refractivity contribution < 1.29 is 15.7 Å². The average molecular weight is 276 g/mol. The number of hydrogen-bond acceptors (Lipinski definition) is 3. The van der Waals surface area contributed by atoms with E-state index in [1.54, 1.807) is 4.90 Å². The lowest BCUT2D eigenvalue weighted by molar-refractivity contribution is -0.139. The standard InChI is InChI=1S/C16H21NO3/c18-14-5-7-17(16(19)10-14)11-13-4-2-1-3-12(13)9-15-6-8-20-15/h1-4,12-13,15H,5-11H2/t12-,13?,15?/m1/s1/i12D. The predicted octanol–water partition coefficient (Wildman–Crippen LogP) is 1.72. The van der Waals surface area contributed by atoms with E-state index >= 15 is 0 Å². The minimum absolute atomic E-state index is 0.0169. The number of nitrogens with zero attached hydrogens (tertiary/aromatic N) is 1. The van der Waals surface area contributed by atoms with Crippen LogP contribution in [0.2, 0.25) is 0 Å². The predicted molar refractivity (Wildman–Crippen MR) is 75.1 cm³/mol. The number of amides is 1. The number of carbonyl (C=O) groups excluding carboxylic acids is 2. The second kappa shape index (κ2) is 5.92. The van der Waals surface area contributed by atoms with Crippen LogP contribution in [0.4, 0.5) is 0 Å². The number of allylic oxidation sites excluding steroid dienone is 3. The molecule has 2 saturated heterocycles. The first kappa shape index (κ1) is 12.3. The minimum atomic E-state index is -0.721. The highest BCUT2D eigenvalue weighted by molar-refractivity contribution is 6.00. The number of piperidine rings is 1. The lowest BCUT2D eigenvalue weighted by atomic mass is 9.82. The summed E-state index contributed by atoms with van der Waals surface area (Å²) < 4.78 is 14.2. The molecule has 0 aromatic rings. The summed E-state index contributed by atoms with van der Waals surface area (Å²) >= 11 is 0. The van der Waals surface area contributed by atoms with Crippen molar-refractivity contribution in [2.75, 3.05) is 19.7 Å². The molecule has 20 heavy (non-hydrogen) atoms. The summed E-state index contributed by atoms with van der Waals surface area (Å²) in [5, 5.41) is 0. The Kier molecular flexibility index (Phi) is 3.65. The third kappa shape index (κ3) is 3.01. The summed E-state index contributed by atoms with van der Waals surface area (Å²) in [4.78, 5) is 25.0. The molecule has 3 aliphatic rings. The molecule has 4 nitrogen and oxygen atoms in total. The normalized spacial score (nSPS) is 37.8. The maximum Gasteiger partial charge on any atom is 0.230 e. The minimum Gasteiger partial charge on any atom is -0.378 e. The second-order valence-corrected chi connectivity index (χ2v) is 5.72. The highest BCUT2D eigenvalue weighted by atomic mass is 16.5. The van der Waals surface area contributed by atoms with Crippen LogP contribution in [0.3, 0.4) is 0 Å². The topological polar surface area (TPSA) is 46.6 Å². The Labute approximate surface area is 120 Å². The van der Waals surface area contributed by atoms with E-state index in [4.69, 9.17) is 6.11 Å². The first-order chi connectivity index (χ1) is 10.1. The SMILES string of the molecule is [2H][C@]1(CC2CCO2)C=CC=CC1CN1CCC(=O)CC1=O. The summed E-state index contributed by atoms with van der Waals surface area (Å²) in [5.74, 6) is -0.836.